The summed E-state index contributed by atoms with van der Waals surface area (Å²) in [5, 5.41) is 3.82. The number of oxime groups is 1. The summed E-state index contributed by atoms with van der Waals surface area (Å²) in [4.78, 5) is 4.72. The SMILES string of the molecule is C=CCO/C(CCc1ccccc1)=N\OC. The number of ether oxygens (including phenoxy) is 1. The maximum absolute atomic E-state index is 5.36. The third-order valence-electron chi connectivity index (χ3n) is 2.03. The van der Waals surface area contributed by atoms with Crippen LogP contribution in [0.3, 0.4) is 0 Å². The van der Waals surface area contributed by atoms with E-state index in [2.05, 4.69) is 23.9 Å². The number of benzene rings is 1. The zero-order chi connectivity index (χ0) is 11.6. The number of hydrogen-bond donors (Lipinski definition) is 0. The first-order valence-corrected chi connectivity index (χ1v) is 5.24. The van der Waals surface area contributed by atoms with E-state index in [1.807, 2.05) is 18.2 Å². The minimum atomic E-state index is 0.455. The van der Waals surface area contributed by atoms with Crippen LogP contribution in [0.5, 0.6) is 0 Å². The molecule has 0 bridgehead atoms. The van der Waals surface area contributed by atoms with Gasteiger partial charge in [-0.3, -0.25) is 0 Å². The van der Waals surface area contributed by atoms with Crippen molar-refractivity contribution in [1.82, 2.24) is 0 Å². The van der Waals surface area contributed by atoms with Gasteiger partial charge in [-0.1, -0.05) is 48.1 Å². The van der Waals surface area contributed by atoms with E-state index in [0.717, 1.165) is 12.8 Å². The lowest BCUT2D eigenvalue weighted by atomic mass is 10.1. The third kappa shape index (κ3) is 4.64. The van der Waals surface area contributed by atoms with Crippen LogP contribution < -0.4 is 0 Å². The van der Waals surface area contributed by atoms with Crippen molar-refractivity contribution in [2.24, 2.45) is 5.16 Å². The molecule has 86 valence electrons. The molecule has 0 amide bonds. The summed E-state index contributed by atoms with van der Waals surface area (Å²) in [6.45, 7) is 4.05. The molecule has 0 unspecified atom stereocenters. The van der Waals surface area contributed by atoms with Crippen molar-refractivity contribution >= 4 is 5.90 Å². The van der Waals surface area contributed by atoms with Crippen molar-refractivity contribution in [1.29, 1.82) is 0 Å². The van der Waals surface area contributed by atoms with Crippen molar-refractivity contribution < 1.29 is 9.57 Å². The Morgan fingerprint density at radius 1 is 1.38 bits per heavy atom. The highest BCUT2D eigenvalue weighted by Gasteiger charge is 2.01. The van der Waals surface area contributed by atoms with Crippen LogP contribution in [0.2, 0.25) is 0 Å². The van der Waals surface area contributed by atoms with Crippen LogP contribution in [0.15, 0.2) is 48.1 Å². The van der Waals surface area contributed by atoms with Crippen molar-refractivity contribution in [3.05, 3.63) is 48.6 Å². The van der Waals surface area contributed by atoms with E-state index in [9.17, 15) is 0 Å². The van der Waals surface area contributed by atoms with E-state index in [-0.39, 0.29) is 0 Å². The van der Waals surface area contributed by atoms with Gasteiger partial charge in [-0.2, -0.15) is 0 Å². The summed E-state index contributed by atoms with van der Waals surface area (Å²) < 4.78 is 5.36. The van der Waals surface area contributed by atoms with E-state index >= 15 is 0 Å². The molecule has 0 aliphatic heterocycles. The molecule has 0 saturated carbocycles. The average Bonchev–Trinajstić information content (AvgIpc) is 2.34. The first-order valence-electron chi connectivity index (χ1n) is 5.24. The lowest BCUT2D eigenvalue weighted by molar-refractivity contribution is 0.192. The van der Waals surface area contributed by atoms with E-state index in [4.69, 9.17) is 9.57 Å². The van der Waals surface area contributed by atoms with Crippen molar-refractivity contribution in [2.75, 3.05) is 13.7 Å². The number of rotatable bonds is 6. The zero-order valence-electron chi connectivity index (χ0n) is 9.56. The van der Waals surface area contributed by atoms with Crippen LogP contribution in [0.25, 0.3) is 0 Å². The average molecular weight is 219 g/mol. The van der Waals surface area contributed by atoms with Crippen LogP contribution >= 0.6 is 0 Å². The van der Waals surface area contributed by atoms with Gasteiger partial charge in [0, 0.05) is 6.42 Å². The first-order chi connectivity index (χ1) is 7.86. The third-order valence-corrected chi connectivity index (χ3v) is 2.03. The maximum atomic E-state index is 5.36. The van der Waals surface area contributed by atoms with Gasteiger partial charge in [0.2, 0.25) is 5.90 Å². The van der Waals surface area contributed by atoms with Gasteiger partial charge in [0.15, 0.2) is 0 Å². The van der Waals surface area contributed by atoms with Gasteiger partial charge in [0.25, 0.3) is 0 Å². The molecule has 1 rings (SSSR count). The molecule has 16 heavy (non-hydrogen) atoms. The monoisotopic (exact) mass is 219 g/mol. The van der Waals surface area contributed by atoms with E-state index in [1.54, 1.807) is 6.08 Å². The highest BCUT2D eigenvalue weighted by molar-refractivity contribution is 5.75. The topological polar surface area (TPSA) is 30.8 Å². The van der Waals surface area contributed by atoms with Crippen LogP contribution in [0.1, 0.15) is 12.0 Å². The van der Waals surface area contributed by atoms with Gasteiger partial charge in [-0.05, 0) is 12.0 Å². The number of hydrogen-bond acceptors (Lipinski definition) is 3. The smallest absolute Gasteiger partial charge is 0.226 e. The molecule has 0 N–H and O–H groups in total. The van der Waals surface area contributed by atoms with E-state index < -0.39 is 0 Å². The molecule has 0 aromatic heterocycles. The normalized spacial score (nSPS) is 10.9. The summed E-state index contributed by atoms with van der Waals surface area (Å²) in [7, 11) is 1.51. The fraction of sp³-hybridized carbons (Fsp3) is 0.308. The fourth-order valence-electron chi connectivity index (χ4n) is 1.30. The largest absolute Gasteiger partial charge is 0.474 e. The summed E-state index contributed by atoms with van der Waals surface area (Å²) in [6, 6.07) is 10.2. The molecular formula is C13H17NO2. The molecule has 0 aliphatic carbocycles. The lowest BCUT2D eigenvalue weighted by Gasteiger charge is -2.06. The highest BCUT2D eigenvalue weighted by Crippen LogP contribution is 2.04. The van der Waals surface area contributed by atoms with Gasteiger partial charge in [-0.15, -0.1) is 0 Å². The lowest BCUT2D eigenvalue weighted by Crippen LogP contribution is -2.07. The zero-order valence-corrected chi connectivity index (χ0v) is 9.56. The van der Waals surface area contributed by atoms with Crippen molar-refractivity contribution in [2.45, 2.75) is 12.8 Å². The molecular weight excluding hydrogens is 202 g/mol. The molecule has 0 spiro atoms. The molecule has 3 nitrogen and oxygen atoms in total. The fourth-order valence-corrected chi connectivity index (χ4v) is 1.30. The van der Waals surface area contributed by atoms with Crippen LogP contribution in [0, 0.1) is 0 Å². The molecule has 0 saturated heterocycles. The Kier molecular flexibility index (Phi) is 5.78. The Balaban J connectivity index is 2.44. The molecule has 1 aromatic carbocycles. The Bertz CT molecular complexity index is 333. The molecule has 0 aliphatic rings. The maximum Gasteiger partial charge on any atom is 0.226 e. The molecule has 0 fully saturated rings. The minimum absolute atomic E-state index is 0.455. The minimum Gasteiger partial charge on any atom is -0.474 e. The quantitative estimate of drug-likeness (QED) is 0.319. The van der Waals surface area contributed by atoms with Gasteiger partial charge in [0.05, 0.1) is 0 Å². The van der Waals surface area contributed by atoms with Crippen molar-refractivity contribution in [3.63, 3.8) is 0 Å². The van der Waals surface area contributed by atoms with Crippen molar-refractivity contribution in [3.8, 4) is 0 Å². The second-order valence-electron chi connectivity index (χ2n) is 3.25. The summed E-state index contributed by atoms with van der Waals surface area (Å²) >= 11 is 0. The molecule has 0 heterocycles. The first kappa shape index (κ1) is 12.3. The second-order valence-corrected chi connectivity index (χ2v) is 3.25. The summed E-state index contributed by atoms with van der Waals surface area (Å²) in [5.41, 5.74) is 1.26. The van der Waals surface area contributed by atoms with Gasteiger partial charge in [0.1, 0.15) is 13.7 Å². The predicted molar refractivity (Wildman–Crippen MR) is 65.4 cm³/mol. The molecule has 3 heteroatoms. The Hall–Kier alpha value is -1.77. The Morgan fingerprint density at radius 3 is 2.75 bits per heavy atom. The predicted octanol–water partition coefficient (Wildman–Crippen LogP) is 2.78. The standard InChI is InChI=1S/C13H17NO2/c1-3-11-16-13(14-15-2)10-9-12-7-5-4-6-8-12/h3-8H,1,9-11H2,2H3/b14-13-. The van der Waals surface area contributed by atoms with Gasteiger partial charge in [-0.25, -0.2) is 0 Å². The van der Waals surface area contributed by atoms with E-state index in [0.29, 0.717) is 12.5 Å². The number of nitrogens with zero attached hydrogens (tertiary/aromatic N) is 1. The summed E-state index contributed by atoms with van der Waals surface area (Å²) in [5.74, 6) is 0.603. The molecule has 1 aromatic rings. The number of aryl methyl sites for hydroxylation is 1. The van der Waals surface area contributed by atoms with Crippen LogP contribution in [0.4, 0.5) is 0 Å². The van der Waals surface area contributed by atoms with Gasteiger partial charge < -0.3 is 9.57 Å². The van der Waals surface area contributed by atoms with E-state index in [1.165, 1.54) is 12.7 Å². The van der Waals surface area contributed by atoms with Gasteiger partial charge >= 0.3 is 0 Å². The van der Waals surface area contributed by atoms with Crippen LogP contribution in [-0.2, 0) is 16.0 Å². The van der Waals surface area contributed by atoms with Crippen LogP contribution in [-0.4, -0.2) is 19.6 Å². The Morgan fingerprint density at radius 2 is 2.12 bits per heavy atom. The Labute approximate surface area is 96.4 Å². The molecule has 0 radical (unpaired) electrons. The molecule has 0 atom stereocenters. The summed E-state index contributed by atoms with van der Waals surface area (Å²) in [6.07, 6.45) is 3.31. The second kappa shape index (κ2) is 7.51. The highest BCUT2D eigenvalue weighted by atomic mass is 16.6.